The van der Waals surface area contributed by atoms with Crippen molar-refractivity contribution >= 4 is 23.5 Å². The Morgan fingerprint density at radius 3 is 1.93 bits per heavy atom. The predicted molar refractivity (Wildman–Crippen MR) is 147 cm³/mol. The van der Waals surface area contributed by atoms with Crippen LogP contribution in [0, 0.1) is 34.5 Å². The third kappa shape index (κ3) is 4.88. The number of urea groups is 1. The van der Waals surface area contributed by atoms with Crippen LogP contribution in [0.3, 0.4) is 0 Å². The van der Waals surface area contributed by atoms with Crippen LogP contribution in [-0.2, 0) is 9.59 Å². The van der Waals surface area contributed by atoms with E-state index in [1.165, 1.54) is 25.1 Å². The molecule has 6 nitrogen and oxygen atoms in total. The number of benzene rings is 1. The van der Waals surface area contributed by atoms with Crippen molar-refractivity contribution in [2.24, 2.45) is 34.5 Å². The number of nitrogens with one attached hydrogen (secondary N) is 1. The molecule has 5 rings (SSSR count). The van der Waals surface area contributed by atoms with Gasteiger partial charge in [-0.15, -0.1) is 0 Å². The first-order valence-electron chi connectivity index (χ1n) is 15.3. The van der Waals surface area contributed by atoms with Crippen LogP contribution in [0.1, 0.15) is 65.2 Å². The number of hydrogen-bond donors (Lipinski definition) is 1. The zero-order valence-electron chi connectivity index (χ0n) is 25.5. The number of amides is 4. The molecule has 3 saturated carbocycles. The second-order valence-corrected chi connectivity index (χ2v) is 13.8. The first-order valence-corrected chi connectivity index (χ1v) is 15.3. The molecule has 3 aliphatic carbocycles. The summed E-state index contributed by atoms with van der Waals surface area (Å²) in [5, 5.41) is 1.68. The number of likely N-dealkylation sites (tertiary alicyclic amines) is 1. The average molecular weight is 670 g/mol. The number of halogens is 9. The highest BCUT2D eigenvalue weighted by molar-refractivity contribution is 6.03. The molecule has 1 heterocycles. The van der Waals surface area contributed by atoms with Gasteiger partial charge in [0.25, 0.3) is 0 Å². The fourth-order valence-corrected chi connectivity index (χ4v) is 9.69. The Morgan fingerprint density at radius 1 is 0.804 bits per heavy atom. The molecule has 46 heavy (non-hydrogen) atoms. The standard InChI is InChI=1S/C31H36F9N3O3/c1-26-15-13-20-18(9-12-22-27(20,2)16-14-23(44)42(22)3)19(26)10-11-21(26)24(45)43(25(46)41-17-7-5-4-6-8-17)28(29(32,33)34,30(35,36)37)31(38,39)40/h4-8,18-22H,9-16H2,1-3H3,(H,41,46)/t18-,19+,20+,21-,22?,26+,27-/m1/s1. The minimum atomic E-state index is -7.17. The fourth-order valence-electron chi connectivity index (χ4n) is 9.69. The molecule has 0 radical (unpaired) electrons. The highest BCUT2D eigenvalue weighted by Gasteiger charge is 2.89. The molecule has 1 unspecified atom stereocenters. The van der Waals surface area contributed by atoms with E-state index in [1.807, 2.05) is 0 Å². The Labute approximate surface area is 260 Å². The van der Waals surface area contributed by atoms with E-state index in [9.17, 15) is 53.9 Å². The molecular formula is C31H36F9N3O3. The summed E-state index contributed by atoms with van der Waals surface area (Å²) in [6, 6.07) is 3.48. The van der Waals surface area contributed by atoms with Gasteiger partial charge in [-0.05, 0) is 85.7 Å². The molecule has 7 atom stereocenters. The van der Waals surface area contributed by atoms with Crippen LogP contribution in [0.5, 0.6) is 0 Å². The minimum Gasteiger partial charge on any atom is -0.342 e. The van der Waals surface area contributed by atoms with E-state index in [0.29, 0.717) is 32.1 Å². The normalized spacial score (nSPS) is 33.5. The zero-order chi connectivity index (χ0) is 34.3. The molecule has 1 N–H and O–H groups in total. The molecular weight excluding hydrogens is 633 g/mol. The van der Waals surface area contributed by atoms with E-state index in [2.05, 4.69) is 6.92 Å². The van der Waals surface area contributed by atoms with Crippen molar-refractivity contribution in [3.63, 3.8) is 0 Å². The fraction of sp³-hybridized carbons (Fsp3) is 0.710. The van der Waals surface area contributed by atoms with Gasteiger partial charge in [0.1, 0.15) is 0 Å². The summed E-state index contributed by atoms with van der Waals surface area (Å²) in [6.45, 7) is 3.62. The maximum absolute atomic E-state index is 14.4. The molecule has 0 spiro atoms. The van der Waals surface area contributed by atoms with E-state index < -0.39 is 63.8 Å². The molecule has 4 aliphatic rings. The van der Waals surface area contributed by atoms with Gasteiger partial charge in [0.15, 0.2) is 0 Å². The van der Waals surface area contributed by atoms with Gasteiger partial charge in [-0.1, -0.05) is 32.0 Å². The van der Waals surface area contributed by atoms with Crippen LogP contribution in [0.15, 0.2) is 30.3 Å². The van der Waals surface area contributed by atoms with Gasteiger partial charge in [0.2, 0.25) is 11.8 Å². The van der Waals surface area contributed by atoms with E-state index in [4.69, 9.17) is 0 Å². The van der Waals surface area contributed by atoms with E-state index >= 15 is 0 Å². The number of carbonyl (C=O) groups excluding carboxylic acids is 3. The molecule has 4 amide bonds. The first kappa shape index (κ1) is 34.3. The maximum atomic E-state index is 14.4. The van der Waals surface area contributed by atoms with Gasteiger partial charge in [-0.3, -0.25) is 9.59 Å². The van der Waals surface area contributed by atoms with Crippen molar-refractivity contribution in [1.82, 2.24) is 9.80 Å². The molecule has 1 aromatic carbocycles. The molecule has 0 bridgehead atoms. The van der Waals surface area contributed by atoms with E-state index in [-0.39, 0.29) is 48.5 Å². The summed E-state index contributed by atoms with van der Waals surface area (Å²) in [7, 11) is 1.74. The van der Waals surface area contributed by atoms with Crippen molar-refractivity contribution in [3.8, 4) is 0 Å². The van der Waals surface area contributed by atoms with Crippen molar-refractivity contribution < 1.29 is 53.9 Å². The van der Waals surface area contributed by atoms with Gasteiger partial charge in [0, 0.05) is 31.1 Å². The second-order valence-electron chi connectivity index (χ2n) is 13.8. The predicted octanol–water partition coefficient (Wildman–Crippen LogP) is 7.95. The van der Waals surface area contributed by atoms with Gasteiger partial charge < -0.3 is 10.2 Å². The second kappa shape index (κ2) is 11.0. The van der Waals surface area contributed by atoms with Crippen molar-refractivity contribution in [2.75, 3.05) is 12.4 Å². The Balaban J connectivity index is 1.56. The third-order valence-electron chi connectivity index (χ3n) is 11.9. The molecule has 15 heteroatoms. The number of anilines is 1. The molecule has 256 valence electrons. The number of carbonyl (C=O) groups is 3. The summed E-state index contributed by atoms with van der Waals surface area (Å²) in [6.07, 6.45) is -18.9. The molecule has 4 fully saturated rings. The highest BCUT2D eigenvalue weighted by atomic mass is 19.4. The third-order valence-corrected chi connectivity index (χ3v) is 11.9. The number of rotatable bonds is 3. The molecule has 1 aliphatic heterocycles. The number of alkyl halides is 9. The van der Waals surface area contributed by atoms with E-state index in [0.717, 1.165) is 12.1 Å². The van der Waals surface area contributed by atoms with Crippen LogP contribution in [-0.4, -0.2) is 64.8 Å². The van der Waals surface area contributed by atoms with Crippen molar-refractivity contribution in [2.45, 2.75) is 95.3 Å². The van der Waals surface area contributed by atoms with Crippen LogP contribution < -0.4 is 5.32 Å². The topological polar surface area (TPSA) is 69.7 Å². The lowest BCUT2D eigenvalue weighted by molar-refractivity contribution is -0.408. The highest BCUT2D eigenvalue weighted by Crippen LogP contribution is 2.67. The first-order chi connectivity index (χ1) is 21.1. The Morgan fingerprint density at radius 2 is 1.37 bits per heavy atom. The number of fused-ring (bicyclic) bond motifs is 5. The Bertz CT molecular complexity index is 1330. The lowest BCUT2D eigenvalue weighted by Gasteiger charge is -2.61. The summed E-state index contributed by atoms with van der Waals surface area (Å²) >= 11 is 0. The van der Waals surface area contributed by atoms with E-state index in [1.54, 1.807) is 17.3 Å². The summed E-state index contributed by atoms with van der Waals surface area (Å²) < 4.78 is 130. The van der Waals surface area contributed by atoms with Crippen molar-refractivity contribution in [1.29, 1.82) is 0 Å². The number of piperidine rings is 1. The zero-order valence-corrected chi connectivity index (χ0v) is 25.5. The monoisotopic (exact) mass is 669 g/mol. The number of hydrogen-bond acceptors (Lipinski definition) is 3. The van der Waals surface area contributed by atoms with Gasteiger partial charge >= 0.3 is 30.1 Å². The number of imide groups is 1. The Hall–Kier alpha value is -3.00. The lowest BCUT2D eigenvalue weighted by atomic mass is 9.47. The van der Waals surface area contributed by atoms with Crippen LogP contribution >= 0.6 is 0 Å². The number of nitrogens with zero attached hydrogens (tertiary/aromatic N) is 2. The summed E-state index contributed by atoms with van der Waals surface area (Å²) in [5.41, 5.74) is -8.78. The van der Waals surface area contributed by atoms with Gasteiger partial charge in [0.05, 0.1) is 0 Å². The molecule has 1 aromatic rings. The van der Waals surface area contributed by atoms with Crippen LogP contribution in [0.2, 0.25) is 0 Å². The largest absolute Gasteiger partial charge is 0.430 e. The molecule has 1 saturated heterocycles. The Kier molecular flexibility index (Phi) is 8.23. The molecule has 0 aromatic heterocycles. The summed E-state index contributed by atoms with van der Waals surface area (Å²) in [4.78, 5) is 39.9. The quantitative estimate of drug-likeness (QED) is 0.332. The van der Waals surface area contributed by atoms with Crippen LogP contribution in [0.25, 0.3) is 0 Å². The minimum absolute atomic E-state index is 0.0180. The smallest absolute Gasteiger partial charge is 0.342 e. The number of para-hydroxylation sites is 1. The van der Waals surface area contributed by atoms with Crippen molar-refractivity contribution in [3.05, 3.63) is 30.3 Å². The van der Waals surface area contributed by atoms with Gasteiger partial charge in [-0.25, -0.2) is 9.69 Å². The SMILES string of the molecule is CN1C(=O)CC[C@@]2(C)C1CC[C@@H]1[C@@H]3CC[C@H](C(=O)N(C(=O)Nc4ccccc4)C(C(F)(F)F)(C(F)(F)F)C(F)(F)F)[C@@]3(C)CC[C@@H]12. The maximum Gasteiger partial charge on any atom is 0.430 e. The lowest BCUT2D eigenvalue weighted by Crippen LogP contribution is -2.78. The van der Waals surface area contributed by atoms with Crippen LogP contribution in [0.4, 0.5) is 50.0 Å². The summed E-state index contributed by atoms with van der Waals surface area (Å²) in [5.74, 6) is -4.32. The van der Waals surface area contributed by atoms with Gasteiger partial charge in [-0.2, -0.15) is 39.5 Å². The average Bonchev–Trinajstić information content (AvgIpc) is 3.29.